The average molecular weight is 390 g/mol. The zero-order valence-electron chi connectivity index (χ0n) is 12.0. The van der Waals surface area contributed by atoms with Crippen LogP contribution in [0.15, 0.2) is 21.6 Å². The second-order valence-electron chi connectivity index (χ2n) is 6.33. The van der Waals surface area contributed by atoms with E-state index >= 15 is 0 Å². The first-order chi connectivity index (χ1) is 9.19. The second kappa shape index (κ2) is 8.02. The molecule has 0 bridgehead atoms. The van der Waals surface area contributed by atoms with Crippen LogP contribution in [0, 0.1) is 23.7 Å². The zero-order valence-corrected chi connectivity index (χ0v) is 15.1. The first kappa shape index (κ1) is 15.8. The molecule has 0 aromatic heterocycles. The van der Waals surface area contributed by atoms with Gasteiger partial charge in [0.1, 0.15) is 0 Å². The molecule has 2 heteroatoms. The van der Waals surface area contributed by atoms with Gasteiger partial charge < -0.3 is 0 Å². The van der Waals surface area contributed by atoms with Crippen molar-refractivity contribution in [3.8, 4) is 0 Å². The van der Waals surface area contributed by atoms with E-state index in [2.05, 4.69) is 57.0 Å². The first-order valence-electron chi connectivity index (χ1n) is 7.84. The Bertz CT molecular complexity index is 312. The third-order valence-corrected chi connectivity index (χ3v) is 5.65. The Morgan fingerprint density at radius 1 is 0.789 bits per heavy atom. The second-order valence-corrected chi connectivity index (χ2v) is 9.10. The predicted molar refractivity (Wildman–Crippen MR) is 91.6 cm³/mol. The molecule has 0 aromatic carbocycles. The molecule has 0 spiro atoms. The summed E-state index contributed by atoms with van der Waals surface area (Å²) >= 11 is 6.99. The summed E-state index contributed by atoms with van der Waals surface area (Å²) in [6.45, 7) is 2.16. The number of hydrogen-bond acceptors (Lipinski definition) is 0. The van der Waals surface area contributed by atoms with Crippen LogP contribution >= 0.6 is 31.9 Å². The first-order valence-corrected chi connectivity index (χ1v) is 9.43. The van der Waals surface area contributed by atoms with E-state index in [-0.39, 0.29) is 0 Å². The fourth-order valence-electron chi connectivity index (χ4n) is 4.04. The largest absolute Gasteiger partial charge is 0.0914 e. The van der Waals surface area contributed by atoms with E-state index in [1.165, 1.54) is 51.4 Å². The lowest BCUT2D eigenvalue weighted by Crippen LogP contribution is -2.25. The number of halogens is 2. The molecule has 0 nitrogen and oxygen atoms in total. The fraction of sp³-hybridized carbons (Fsp3) is 0.765. The van der Waals surface area contributed by atoms with E-state index in [4.69, 9.17) is 0 Å². The molecule has 2 aliphatic carbocycles. The summed E-state index contributed by atoms with van der Waals surface area (Å²) in [6.07, 6.45) is 18.5. The molecule has 2 saturated carbocycles. The molecule has 0 aromatic rings. The fourth-order valence-corrected chi connectivity index (χ4v) is 4.79. The monoisotopic (exact) mass is 388 g/mol. The summed E-state index contributed by atoms with van der Waals surface area (Å²) in [7, 11) is 0. The maximum Gasteiger partial charge on any atom is 0.0567 e. The minimum absolute atomic E-state index is 0.796. The molecule has 0 radical (unpaired) electrons. The summed E-state index contributed by atoms with van der Waals surface area (Å²) in [5.74, 6) is 3.72. The van der Waals surface area contributed by atoms with Gasteiger partial charge in [-0.3, -0.25) is 0 Å². The van der Waals surface area contributed by atoms with Crippen LogP contribution in [0.25, 0.3) is 0 Å². The van der Waals surface area contributed by atoms with Crippen molar-refractivity contribution < 1.29 is 0 Å². The highest BCUT2D eigenvalue weighted by Crippen LogP contribution is 2.42. The van der Waals surface area contributed by atoms with Crippen molar-refractivity contribution in [1.29, 1.82) is 0 Å². The van der Waals surface area contributed by atoms with Crippen LogP contribution in [-0.2, 0) is 0 Å². The Morgan fingerprint density at radius 2 is 1.26 bits per heavy atom. The van der Waals surface area contributed by atoms with Gasteiger partial charge in [0.25, 0.3) is 0 Å². The Morgan fingerprint density at radius 3 is 1.68 bits per heavy atom. The molecule has 0 atom stereocenters. The van der Waals surface area contributed by atoms with Crippen molar-refractivity contribution in [3.05, 3.63) is 21.6 Å². The third-order valence-electron chi connectivity index (χ3n) is 5.13. The summed E-state index contributed by atoms with van der Waals surface area (Å²) in [5.41, 5.74) is 0. The van der Waals surface area contributed by atoms with Crippen LogP contribution in [0.5, 0.6) is 0 Å². The molecular formula is C17H26Br2. The van der Waals surface area contributed by atoms with Crippen LogP contribution in [0.2, 0.25) is 0 Å². The van der Waals surface area contributed by atoms with E-state index in [9.17, 15) is 0 Å². The standard InChI is InChI=1S/C17H26Br2/c1-2-3-13-4-8-15(9-5-13)16-10-6-14(7-11-16)12-17(18)19/h2-3,12-16H,4-11H2,1H3/b3-2+. The molecule has 19 heavy (non-hydrogen) atoms. The van der Waals surface area contributed by atoms with Crippen molar-refractivity contribution in [3.63, 3.8) is 0 Å². The average Bonchev–Trinajstić information content (AvgIpc) is 2.40. The van der Waals surface area contributed by atoms with Gasteiger partial charge in [-0.05, 0) is 114 Å². The molecule has 0 saturated heterocycles. The van der Waals surface area contributed by atoms with Crippen molar-refractivity contribution >= 4 is 31.9 Å². The topological polar surface area (TPSA) is 0 Å². The van der Waals surface area contributed by atoms with E-state index < -0.39 is 0 Å². The normalized spacial score (nSPS) is 36.4. The van der Waals surface area contributed by atoms with Crippen molar-refractivity contribution in [2.24, 2.45) is 23.7 Å². The summed E-state index contributed by atoms with van der Waals surface area (Å²) < 4.78 is 1.13. The zero-order chi connectivity index (χ0) is 13.7. The highest BCUT2D eigenvalue weighted by molar-refractivity contribution is 9.28. The molecule has 0 amide bonds. The quantitative estimate of drug-likeness (QED) is 0.465. The predicted octanol–water partition coefficient (Wildman–Crippen LogP) is 6.81. The molecule has 0 unspecified atom stereocenters. The van der Waals surface area contributed by atoms with Gasteiger partial charge in [0.2, 0.25) is 0 Å². The van der Waals surface area contributed by atoms with Crippen molar-refractivity contribution in [2.45, 2.75) is 58.3 Å². The van der Waals surface area contributed by atoms with Gasteiger partial charge in [-0.2, -0.15) is 0 Å². The van der Waals surface area contributed by atoms with Gasteiger partial charge in [-0.15, -0.1) is 0 Å². The lowest BCUT2D eigenvalue weighted by atomic mass is 9.69. The van der Waals surface area contributed by atoms with Gasteiger partial charge in [0.05, 0.1) is 3.39 Å². The molecule has 0 heterocycles. The van der Waals surface area contributed by atoms with Crippen LogP contribution < -0.4 is 0 Å². The van der Waals surface area contributed by atoms with Gasteiger partial charge in [0.15, 0.2) is 0 Å². The summed E-state index contributed by atoms with van der Waals surface area (Å²) in [6, 6.07) is 0. The molecule has 2 fully saturated rings. The molecular weight excluding hydrogens is 364 g/mol. The summed E-state index contributed by atoms with van der Waals surface area (Å²) in [4.78, 5) is 0. The Kier molecular flexibility index (Phi) is 6.68. The van der Waals surface area contributed by atoms with Crippen molar-refractivity contribution in [2.75, 3.05) is 0 Å². The van der Waals surface area contributed by atoms with Gasteiger partial charge >= 0.3 is 0 Å². The lowest BCUT2D eigenvalue weighted by molar-refractivity contribution is 0.166. The molecule has 0 N–H and O–H groups in total. The molecule has 2 rings (SSSR count). The maximum atomic E-state index is 3.49. The Hall–Kier alpha value is 0.440. The van der Waals surface area contributed by atoms with E-state index in [1.54, 1.807) is 0 Å². The van der Waals surface area contributed by atoms with Gasteiger partial charge in [-0.25, -0.2) is 0 Å². The van der Waals surface area contributed by atoms with Gasteiger partial charge in [0, 0.05) is 0 Å². The molecule has 108 valence electrons. The van der Waals surface area contributed by atoms with Gasteiger partial charge in [-0.1, -0.05) is 18.2 Å². The molecule has 0 aliphatic heterocycles. The smallest absolute Gasteiger partial charge is 0.0567 e. The van der Waals surface area contributed by atoms with E-state index in [0.29, 0.717) is 0 Å². The molecule has 2 aliphatic rings. The van der Waals surface area contributed by atoms with Crippen LogP contribution in [-0.4, -0.2) is 0 Å². The minimum atomic E-state index is 0.796. The minimum Gasteiger partial charge on any atom is -0.0914 e. The number of allylic oxidation sites excluding steroid dienone is 3. The highest BCUT2D eigenvalue weighted by Gasteiger charge is 2.29. The highest BCUT2D eigenvalue weighted by atomic mass is 79.9. The van der Waals surface area contributed by atoms with Crippen LogP contribution in [0.3, 0.4) is 0 Å². The number of rotatable bonds is 3. The van der Waals surface area contributed by atoms with Crippen LogP contribution in [0.1, 0.15) is 58.3 Å². The Balaban J connectivity index is 1.75. The lowest BCUT2D eigenvalue weighted by Gasteiger charge is -2.36. The number of hydrogen-bond donors (Lipinski definition) is 0. The van der Waals surface area contributed by atoms with E-state index in [1.807, 2.05) is 0 Å². The third kappa shape index (κ3) is 5.04. The Labute approximate surface area is 135 Å². The SMILES string of the molecule is C/C=C/C1CCC(C2CCC(C=C(Br)Br)CC2)CC1. The van der Waals surface area contributed by atoms with Crippen LogP contribution in [0.4, 0.5) is 0 Å². The maximum absolute atomic E-state index is 3.49. The van der Waals surface area contributed by atoms with E-state index in [0.717, 1.165) is 27.1 Å². The summed E-state index contributed by atoms with van der Waals surface area (Å²) in [5, 5.41) is 0. The van der Waals surface area contributed by atoms with Crippen molar-refractivity contribution in [1.82, 2.24) is 0 Å².